The fourth-order valence-corrected chi connectivity index (χ4v) is 3.81. The maximum atomic E-state index is 12.4. The highest BCUT2D eigenvalue weighted by atomic mass is 32.1. The lowest BCUT2D eigenvalue weighted by molar-refractivity contribution is -0.117. The Morgan fingerprint density at radius 1 is 1.30 bits per heavy atom. The normalized spacial score (nSPS) is 14.1. The lowest BCUT2D eigenvalue weighted by Gasteiger charge is -2.16. The van der Waals surface area contributed by atoms with E-state index >= 15 is 0 Å². The van der Waals surface area contributed by atoms with Gasteiger partial charge < -0.3 is 9.64 Å². The number of hydrogen-bond acceptors (Lipinski definition) is 7. The third kappa shape index (κ3) is 3.45. The first-order valence-electron chi connectivity index (χ1n) is 8.45. The fourth-order valence-electron chi connectivity index (χ4n) is 2.95. The van der Waals surface area contributed by atoms with E-state index < -0.39 is 5.97 Å². The number of benzene rings is 1. The largest absolute Gasteiger partial charge is 0.455 e. The van der Waals surface area contributed by atoms with Gasteiger partial charge in [-0.05, 0) is 31.5 Å². The van der Waals surface area contributed by atoms with E-state index in [2.05, 4.69) is 10.1 Å². The Hall–Kier alpha value is -3.07. The molecule has 0 atom stereocenters. The molecular weight excluding hydrogens is 368 g/mol. The predicted octanol–water partition coefficient (Wildman–Crippen LogP) is 1.94. The van der Waals surface area contributed by atoms with Gasteiger partial charge in [0.15, 0.2) is 5.01 Å². The summed E-state index contributed by atoms with van der Waals surface area (Å²) >= 11 is 1.20. The Balaban J connectivity index is 1.49. The van der Waals surface area contributed by atoms with E-state index in [-0.39, 0.29) is 18.1 Å². The molecule has 138 valence electrons. The molecule has 4 rings (SSSR count). The van der Waals surface area contributed by atoms with Crippen molar-refractivity contribution in [1.29, 1.82) is 0 Å². The molecule has 1 aliphatic rings. The van der Waals surface area contributed by atoms with E-state index in [1.54, 1.807) is 36.1 Å². The molecule has 3 heterocycles. The number of esters is 1. The summed E-state index contributed by atoms with van der Waals surface area (Å²) in [7, 11) is 0. The van der Waals surface area contributed by atoms with Gasteiger partial charge in [0, 0.05) is 30.4 Å². The molecule has 9 heteroatoms. The van der Waals surface area contributed by atoms with E-state index in [1.807, 2.05) is 0 Å². The van der Waals surface area contributed by atoms with Gasteiger partial charge in [-0.25, -0.2) is 9.78 Å². The molecule has 3 aromatic rings. The summed E-state index contributed by atoms with van der Waals surface area (Å²) in [5.74, 6) is -0.456. The number of rotatable bonds is 4. The quantitative estimate of drug-likeness (QED) is 0.638. The van der Waals surface area contributed by atoms with Crippen LogP contribution in [0.5, 0.6) is 0 Å². The van der Waals surface area contributed by atoms with Crippen molar-refractivity contribution in [2.24, 2.45) is 0 Å². The average molecular weight is 384 g/mol. The number of nitrogens with zero attached hydrogens (tertiary/aromatic N) is 4. The molecule has 1 aromatic carbocycles. The summed E-state index contributed by atoms with van der Waals surface area (Å²) in [5, 5.41) is 4.62. The van der Waals surface area contributed by atoms with Gasteiger partial charge in [-0.1, -0.05) is 17.4 Å². The highest BCUT2D eigenvalue weighted by Crippen LogP contribution is 2.23. The van der Waals surface area contributed by atoms with E-state index in [0.29, 0.717) is 39.9 Å². The molecule has 0 aliphatic carbocycles. The van der Waals surface area contributed by atoms with E-state index in [9.17, 15) is 14.4 Å². The average Bonchev–Trinajstić information content (AvgIpc) is 3.25. The van der Waals surface area contributed by atoms with Crippen LogP contribution in [0.2, 0.25) is 0 Å². The SMILES string of the molecule is Cc1cc(=O)n2nc(COC(=O)c3cccc(N4CCCC4=O)c3)sc2n1. The van der Waals surface area contributed by atoms with Crippen molar-refractivity contribution in [2.75, 3.05) is 11.4 Å². The smallest absolute Gasteiger partial charge is 0.338 e. The lowest BCUT2D eigenvalue weighted by atomic mass is 10.2. The van der Waals surface area contributed by atoms with Crippen LogP contribution in [0.4, 0.5) is 5.69 Å². The summed E-state index contributed by atoms with van der Waals surface area (Å²) in [6.45, 7) is 2.33. The second-order valence-electron chi connectivity index (χ2n) is 6.20. The molecule has 0 bridgehead atoms. The first-order chi connectivity index (χ1) is 13.0. The van der Waals surface area contributed by atoms with Crippen LogP contribution in [0.15, 0.2) is 35.1 Å². The summed E-state index contributed by atoms with van der Waals surface area (Å²) in [4.78, 5) is 42.5. The number of carbonyl (C=O) groups is 2. The summed E-state index contributed by atoms with van der Waals surface area (Å²) in [5.41, 5.74) is 1.40. The Morgan fingerprint density at radius 2 is 2.15 bits per heavy atom. The van der Waals surface area contributed by atoms with Gasteiger partial charge in [-0.15, -0.1) is 0 Å². The van der Waals surface area contributed by atoms with Crippen LogP contribution < -0.4 is 10.5 Å². The van der Waals surface area contributed by atoms with Gasteiger partial charge >= 0.3 is 5.97 Å². The van der Waals surface area contributed by atoms with Crippen molar-refractivity contribution in [3.8, 4) is 0 Å². The highest BCUT2D eigenvalue weighted by Gasteiger charge is 2.22. The van der Waals surface area contributed by atoms with Gasteiger partial charge in [0.1, 0.15) is 6.61 Å². The Kier molecular flexibility index (Phi) is 4.44. The van der Waals surface area contributed by atoms with Crippen LogP contribution in [0.25, 0.3) is 4.96 Å². The second-order valence-corrected chi connectivity index (χ2v) is 7.24. The van der Waals surface area contributed by atoms with Crippen molar-refractivity contribution in [2.45, 2.75) is 26.4 Å². The third-order valence-corrected chi connectivity index (χ3v) is 5.09. The molecule has 1 fully saturated rings. The summed E-state index contributed by atoms with van der Waals surface area (Å²) < 4.78 is 6.52. The molecule has 0 N–H and O–H groups in total. The molecule has 27 heavy (non-hydrogen) atoms. The van der Waals surface area contributed by atoms with Gasteiger partial charge in [-0.3, -0.25) is 9.59 Å². The number of hydrogen-bond donors (Lipinski definition) is 0. The molecule has 0 radical (unpaired) electrons. The first-order valence-corrected chi connectivity index (χ1v) is 9.27. The van der Waals surface area contributed by atoms with Crippen LogP contribution in [0.1, 0.15) is 33.9 Å². The molecule has 2 aromatic heterocycles. The summed E-state index contributed by atoms with van der Waals surface area (Å²) in [6, 6.07) is 8.21. The number of carbonyl (C=O) groups excluding carboxylic acids is 2. The van der Waals surface area contributed by atoms with Gasteiger partial charge in [0.25, 0.3) is 5.56 Å². The minimum atomic E-state index is -0.515. The molecule has 0 unspecified atom stereocenters. The van der Waals surface area contributed by atoms with Gasteiger partial charge in [0.05, 0.1) is 5.56 Å². The number of ether oxygens (including phenoxy) is 1. The molecule has 1 aliphatic heterocycles. The predicted molar refractivity (Wildman–Crippen MR) is 99.0 cm³/mol. The lowest BCUT2D eigenvalue weighted by Crippen LogP contribution is -2.23. The number of aromatic nitrogens is 3. The van der Waals surface area contributed by atoms with Crippen molar-refractivity contribution >= 4 is 33.9 Å². The van der Waals surface area contributed by atoms with Crippen molar-refractivity contribution in [1.82, 2.24) is 14.6 Å². The zero-order chi connectivity index (χ0) is 19.0. The topological polar surface area (TPSA) is 93.9 Å². The molecule has 1 amide bonds. The Bertz CT molecular complexity index is 1100. The van der Waals surface area contributed by atoms with Crippen LogP contribution in [0, 0.1) is 6.92 Å². The van der Waals surface area contributed by atoms with Crippen LogP contribution in [-0.2, 0) is 16.1 Å². The Morgan fingerprint density at radius 3 is 2.93 bits per heavy atom. The number of aryl methyl sites for hydroxylation is 1. The summed E-state index contributed by atoms with van der Waals surface area (Å²) in [6.07, 6.45) is 1.34. The number of amides is 1. The maximum absolute atomic E-state index is 12.4. The fraction of sp³-hybridized carbons (Fsp3) is 0.278. The zero-order valence-electron chi connectivity index (χ0n) is 14.5. The van der Waals surface area contributed by atoms with Gasteiger partial charge in [-0.2, -0.15) is 9.61 Å². The minimum absolute atomic E-state index is 0.0573. The van der Waals surface area contributed by atoms with Crippen molar-refractivity contribution < 1.29 is 14.3 Å². The van der Waals surface area contributed by atoms with Crippen LogP contribution in [-0.4, -0.2) is 33.0 Å². The number of fused-ring (bicyclic) bond motifs is 1. The minimum Gasteiger partial charge on any atom is -0.455 e. The molecule has 8 nitrogen and oxygen atoms in total. The highest BCUT2D eigenvalue weighted by molar-refractivity contribution is 7.16. The molecular formula is C18H16N4O4S. The monoisotopic (exact) mass is 384 g/mol. The first kappa shape index (κ1) is 17.3. The maximum Gasteiger partial charge on any atom is 0.338 e. The molecule has 1 saturated heterocycles. The Labute approximate surface area is 158 Å². The molecule has 0 saturated carbocycles. The van der Waals surface area contributed by atoms with E-state index in [4.69, 9.17) is 4.74 Å². The molecule has 0 spiro atoms. The van der Waals surface area contributed by atoms with Crippen LogP contribution in [0.3, 0.4) is 0 Å². The van der Waals surface area contributed by atoms with E-state index in [0.717, 1.165) is 6.42 Å². The zero-order valence-corrected chi connectivity index (χ0v) is 15.4. The van der Waals surface area contributed by atoms with Gasteiger partial charge in [0.2, 0.25) is 10.9 Å². The van der Waals surface area contributed by atoms with E-state index in [1.165, 1.54) is 21.9 Å². The standard InChI is InChI=1S/C18H16N4O4S/c1-11-8-16(24)22-18(19-11)27-14(20-22)10-26-17(25)12-4-2-5-13(9-12)21-7-3-6-15(21)23/h2,4-5,8-9H,3,6-7,10H2,1H3. The van der Waals surface area contributed by atoms with Crippen molar-refractivity contribution in [3.05, 3.63) is 57.0 Å². The second kappa shape index (κ2) is 6.92. The number of anilines is 1. The third-order valence-electron chi connectivity index (χ3n) is 4.21. The van der Waals surface area contributed by atoms with Crippen LogP contribution >= 0.6 is 11.3 Å². The van der Waals surface area contributed by atoms with Crippen molar-refractivity contribution in [3.63, 3.8) is 0 Å².